The third-order valence-electron chi connectivity index (χ3n) is 3.54. The number of piperazine rings is 1. The highest BCUT2D eigenvalue weighted by molar-refractivity contribution is 5.93. The molecule has 0 bridgehead atoms. The van der Waals surface area contributed by atoms with Crippen molar-refractivity contribution in [3.8, 4) is 0 Å². The first-order chi connectivity index (χ1) is 10.7. The fraction of sp³-hybridized carbons (Fsp3) is 0.250. The maximum atomic E-state index is 12.1. The summed E-state index contributed by atoms with van der Waals surface area (Å²) < 4.78 is 10.2. The van der Waals surface area contributed by atoms with Crippen molar-refractivity contribution >= 4 is 17.9 Å². The Bertz CT molecular complexity index is 650. The maximum absolute atomic E-state index is 12.1. The Kier molecular flexibility index (Phi) is 4.09. The van der Waals surface area contributed by atoms with Crippen LogP contribution in [0.3, 0.4) is 0 Å². The van der Waals surface area contributed by atoms with E-state index in [2.05, 4.69) is 0 Å². The summed E-state index contributed by atoms with van der Waals surface area (Å²) in [5.74, 6) is 0.752. The van der Waals surface area contributed by atoms with E-state index in [4.69, 9.17) is 8.83 Å². The van der Waals surface area contributed by atoms with E-state index in [0.29, 0.717) is 37.7 Å². The van der Waals surface area contributed by atoms with Gasteiger partial charge in [0.05, 0.1) is 12.5 Å². The van der Waals surface area contributed by atoms with Crippen molar-refractivity contribution < 1.29 is 18.4 Å². The number of nitrogens with zero attached hydrogens (tertiary/aromatic N) is 2. The van der Waals surface area contributed by atoms with Gasteiger partial charge >= 0.3 is 0 Å². The molecule has 0 N–H and O–H groups in total. The van der Waals surface area contributed by atoms with E-state index in [1.54, 1.807) is 46.4 Å². The molecule has 1 fully saturated rings. The molecule has 0 aromatic carbocycles. The molecular formula is C16H16N2O4. The van der Waals surface area contributed by atoms with Gasteiger partial charge in [-0.25, -0.2) is 0 Å². The third kappa shape index (κ3) is 3.11. The highest BCUT2D eigenvalue weighted by atomic mass is 16.3. The Morgan fingerprint density at radius 2 is 1.64 bits per heavy atom. The van der Waals surface area contributed by atoms with Crippen LogP contribution in [0.4, 0.5) is 0 Å². The molecule has 2 amide bonds. The summed E-state index contributed by atoms with van der Waals surface area (Å²) in [4.78, 5) is 27.6. The average Bonchev–Trinajstić information content (AvgIpc) is 3.25. The molecule has 0 aliphatic carbocycles. The second-order valence-corrected chi connectivity index (χ2v) is 4.94. The van der Waals surface area contributed by atoms with Crippen LogP contribution in [0.5, 0.6) is 0 Å². The molecule has 1 aliphatic rings. The lowest BCUT2D eigenvalue weighted by molar-refractivity contribution is -0.127. The topological polar surface area (TPSA) is 66.9 Å². The minimum atomic E-state index is -0.136. The molecule has 114 valence electrons. The van der Waals surface area contributed by atoms with Crippen LogP contribution in [0.15, 0.2) is 51.7 Å². The molecule has 1 saturated heterocycles. The molecule has 2 aromatic rings. The van der Waals surface area contributed by atoms with Crippen molar-refractivity contribution in [1.29, 1.82) is 0 Å². The van der Waals surface area contributed by atoms with Gasteiger partial charge in [-0.2, -0.15) is 0 Å². The van der Waals surface area contributed by atoms with Gasteiger partial charge in [-0.1, -0.05) is 0 Å². The quantitative estimate of drug-likeness (QED) is 0.812. The molecule has 0 spiro atoms. The Balaban J connectivity index is 1.53. The van der Waals surface area contributed by atoms with Crippen LogP contribution in [0, 0.1) is 0 Å². The molecule has 0 radical (unpaired) electrons. The van der Waals surface area contributed by atoms with E-state index in [1.807, 2.05) is 0 Å². The van der Waals surface area contributed by atoms with Crippen molar-refractivity contribution in [2.75, 3.05) is 26.2 Å². The molecule has 2 aromatic heterocycles. The van der Waals surface area contributed by atoms with Crippen molar-refractivity contribution in [1.82, 2.24) is 9.80 Å². The Morgan fingerprint density at radius 1 is 0.955 bits per heavy atom. The Hall–Kier alpha value is -2.76. The normalized spacial score (nSPS) is 15.5. The first kappa shape index (κ1) is 14.2. The summed E-state index contributed by atoms with van der Waals surface area (Å²) in [6.45, 7) is 2.02. The van der Waals surface area contributed by atoms with Gasteiger partial charge < -0.3 is 18.6 Å². The van der Waals surface area contributed by atoms with Crippen LogP contribution in [0.25, 0.3) is 6.08 Å². The van der Waals surface area contributed by atoms with E-state index in [1.165, 1.54) is 12.3 Å². The summed E-state index contributed by atoms with van der Waals surface area (Å²) in [5.41, 5.74) is 0. The molecule has 6 heteroatoms. The molecule has 1 aliphatic heterocycles. The minimum absolute atomic E-state index is 0.0819. The molecule has 6 nitrogen and oxygen atoms in total. The molecule has 0 atom stereocenters. The standard InChI is InChI=1S/C16H16N2O4/c19-15(6-5-13-3-1-11-21-13)17-7-9-18(10-8-17)16(20)14-4-2-12-22-14/h1-6,11-12H,7-10H2/b6-5+. The van der Waals surface area contributed by atoms with Crippen LogP contribution in [0.1, 0.15) is 16.3 Å². The summed E-state index contributed by atoms with van der Waals surface area (Å²) in [6, 6.07) is 6.88. The van der Waals surface area contributed by atoms with E-state index >= 15 is 0 Å². The van der Waals surface area contributed by atoms with Gasteiger partial charge in [0.1, 0.15) is 5.76 Å². The van der Waals surface area contributed by atoms with Crippen molar-refractivity contribution in [2.24, 2.45) is 0 Å². The van der Waals surface area contributed by atoms with Gasteiger partial charge in [0.15, 0.2) is 5.76 Å². The zero-order chi connectivity index (χ0) is 15.4. The first-order valence-electron chi connectivity index (χ1n) is 7.07. The number of carbonyl (C=O) groups is 2. The van der Waals surface area contributed by atoms with Crippen LogP contribution >= 0.6 is 0 Å². The molecule has 0 saturated carbocycles. The largest absolute Gasteiger partial charge is 0.465 e. The smallest absolute Gasteiger partial charge is 0.289 e. The maximum Gasteiger partial charge on any atom is 0.289 e. The number of amides is 2. The van der Waals surface area contributed by atoms with E-state index in [0.717, 1.165) is 0 Å². The number of hydrogen-bond donors (Lipinski definition) is 0. The first-order valence-corrected chi connectivity index (χ1v) is 7.07. The predicted molar refractivity (Wildman–Crippen MR) is 78.9 cm³/mol. The molecule has 0 unspecified atom stereocenters. The lowest BCUT2D eigenvalue weighted by Crippen LogP contribution is -2.50. The number of rotatable bonds is 3. The summed E-state index contributed by atoms with van der Waals surface area (Å²) in [5, 5.41) is 0. The zero-order valence-electron chi connectivity index (χ0n) is 12.0. The Labute approximate surface area is 127 Å². The summed E-state index contributed by atoms with van der Waals surface area (Å²) in [7, 11) is 0. The molecule has 3 rings (SSSR count). The van der Waals surface area contributed by atoms with Crippen LogP contribution in [0.2, 0.25) is 0 Å². The summed E-state index contributed by atoms with van der Waals surface area (Å²) >= 11 is 0. The van der Waals surface area contributed by atoms with Crippen molar-refractivity contribution in [2.45, 2.75) is 0 Å². The number of hydrogen-bond acceptors (Lipinski definition) is 4. The lowest BCUT2D eigenvalue weighted by Gasteiger charge is -2.33. The highest BCUT2D eigenvalue weighted by Crippen LogP contribution is 2.10. The van der Waals surface area contributed by atoms with Crippen LogP contribution in [-0.4, -0.2) is 47.8 Å². The predicted octanol–water partition coefficient (Wildman–Crippen LogP) is 1.87. The molecule has 3 heterocycles. The fourth-order valence-electron chi connectivity index (χ4n) is 2.33. The second-order valence-electron chi connectivity index (χ2n) is 4.94. The van der Waals surface area contributed by atoms with E-state index in [9.17, 15) is 9.59 Å². The van der Waals surface area contributed by atoms with E-state index < -0.39 is 0 Å². The van der Waals surface area contributed by atoms with E-state index in [-0.39, 0.29) is 11.8 Å². The van der Waals surface area contributed by atoms with Crippen molar-refractivity contribution in [3.05, 3.63) is 54.4 Å². The highest BCUT2D eigenvalue weighted by Gasteiger charge is 2.25. The van der Waals surface area contributed by atoms with Gasteiger partial charge in [-0.05, 0) is 30.3 Å². The second kappa shape index (κ2) is 6.34. The SMILES string of the molecule is O=C(/C=C/c1ccco1)N1CCN(C(=O)c2ccco2)CC1. The van der Waals surface area contributed by atoms with Crippen LogP contribution < -0.4 is 0 Å². The van der Waals surface area contributed by atoms with Gasteiger partial charge in [0, 0.05) is 32.3 Å². The molecule has 22 heavy (non-hydrogen) atoms. The van der Waals surface area contributed by atoms with Crippen LogP contribution in [-0.2, 0) is 4.79 Å². The van der Waals surface area contributed by atoms with Gasteiger partial charge in [-0.15, -0.1) is 0 Å². The van der Waals surface area contributed by atoms with Gasteiger partial charge in [0.25, 0.3) is 5.91 Å². The van der Waals surface area contributed by atoms with Gasteiger partial charge in [-0.3, -0.25) is 9.59 Å². The monoisotopic (exact) mass is 300 g/mol. The number of furan rings is 2. The zero-order valence-corrected chi connectivity index (χ0v) is 12.0. The number of carbonyl (C=O) groups excluding carboxylic acids is 2. The van der Waals surface area contributed by atoms with Gasteiger partial charge in [0.2, 0.25) is 5.91 Å². The fourth-order valence-corrected chi connectivity index (χ4v) is 2.33. The Morgan fingerprint density at radius 3 is 2.27 bits per heavy atom. The van der Waals surface area contributed by atoms with Crippen molar-refractivity contribution in [3.63, 3.8) is 0 Å². The third-order valence-corrected chi connectivity index (χ3v) is 3.54. The summed E-state index contributed by atoms with van der Waals surface area (Å²) in [6.07, 6.45) is 6.17. The average molecular weight is 300 g/mol. The minimum Gasteiger partial charge on any atom is -0.465 e. The molecular weight excluding hydrogens is 284 g/mol. The lowest BCUT2D eigenvalue weighted by atomic mass is 10.2.